The Balaban J connectivity index is 1.33. The quantitative estimate of drug-likeness (QED) is 0.112. The van der Waals surface area contributed by atoms with Crippen molar-refractivity contribution in [2.24, 2.45) is 0 Å². The van der Waals surface area contributed by atoms with Crippen molar-refractivity contribution in [2.45, 2.75) is 27.7 Å². The summed E-state index contributed by atoms with van der Waals surface area (Å²) in [5.74, 6) is 7.37. The van der Waals surface area contributed by atoms with Crippen LogP contribution in [0.2, 0.25) is 0 Å². The molecule has 0 spiro atoms. The van der Waals surface area contributed by atoms with Gasteiger partial charge in [0.25, 0.3) is 0 Å². The predicted molar refractivity (Wildman–Crippen MR) is 238 cm³/mol. The van der Waals surface area contributed by atoms with Gasteiger partial charge in [0.05, 0.1) is 0 Å². The third-order valence-corrected chi connectivity index (χ3v) is 17.8. The van der Waals surface area contributed by atoms with Gasteiger partial charge in [-0.05, 0) is 25.1 Å². The summed E-state index contributed by atoms with van der Waals surface area (Å²) >= 11 is 5.19. The standard InChI is InChI=1S/C49H39N2O2PS2.Os/c1-6-17-42-26-28-44(55-42)46-33(3)34(4)47(49-48(46)50-53-51-49)45-29-27-43(56-45)25-24-37(30-38-32-52-31-36(38)7-2)35(5)54(39-18-11-8-12-19-39,40-20-13-9-14-21-40)41-22-15-10-16-23-41;/h6-23,26-30H,31-32H2,1-4H3;/q+1;/b17-6+,36-7?,37-35?,38-30?;. The molecule has 1 fully saturated rings. The number of benzene rings is 4. The van der Waals surface area contributed by atoms with Crippen LogP contribution in [0.4, 0.5) is 0 Å². The summed E-state index contributed by atoms with van der Waals surface area (Å²) in [5.41, 5.74) is 9.26. The normalized spacial score (nSPS) is 14.9. The summed E-state index contributed by atoms with van der Waals surface area (Å²) in [5, 5.41) is 13.8. The van der Waals surface area contributed by atoms with Crippen LogP contribution in [0.15, 0.2) is 160 Å². The van der Waals surface area contributed by atoms with Crippen LogP contribution < -0.4 is 15.9 Å². The van der Waals surface area contributed by atoms with Crippen molar-refractivity contribution in [3.8, 4) is 37.1 Å². The fourth-order valence-electron chi connectivity index (χ4n) is 7.53. The van der Waals surface area contributed by atoms with Crippen molar-refractivity contribution >= 4 is 63.0 Å². The molecule has 0 N–H and O–H groups in total. The van der Waals surface area contributed by atoms with Gasteiger partial charge in [0.1, 0.15) is 0 Å². The van der Waals surface area contributed by atoms with E-state index in [-0.39, 0.29) is 0 Å². The predicted octanol–water partition coefficient (Wildman–Crippen LogP) is 11.3. The summed E-state index contributed by atoms with van der Waals surface area (Å²) in [6, 6.07) is 41.3. The van der Waals surface area contributed by atoms with Crippen LogP contribution in [0, 0.1) is 30.1 Å². The maximum absolute atomic E-state index is 5.99. The molecule has 4 aromatic carbocycles. The van der Waals surface area contributed by atoms with Gasteiger partial charge in [-0.25, -0.2) is 0 Å². The van der Waals surface area contributed by atoms with Gasteiger partial charge in [-0.2, -0.15) is 0 Å². The second-order valence-corrected chi connectivity index (χ2v) is 19.8. The molecule has 8 heteroatoms. The van der Waals surface area contributed by atoms with Gasteiger partial charge < -0.3 is 0 Å². The van der Waals surface area contributed by atoms with E-state index in [1.807, 2.05) is 6.92 Å². The van der Waals surface area contributed by atoms with Crippen LogP contribution >= 0.6 is 29.9 Å². The summed E-state index contributed by atoms with van der Waals surface area (Å²) < 4.78 is 15.2. The summed E-state index contributed by atoms with van der Waals surface area (Å²) in [4.78, 5) is 4.38. The molecule has 1 saturated heterocycles. The molecule has 4 nitrogen and oxygen atoms in total. The average Bonchev–Trinajstić information content (AvgIpc) is 4.10. The molecule has 4 heterocycles. The Morgan fingerprint density at radius 1 is 0.702 bits per heavy atom. The zero-order valence-corrected chi connectivity index (χ0v) is 37.1. The van der Waals surface area contributed by atoms with E-state index in [1.165, 1.54) is 31.9 Å². The number of fused-ring (bicyclic) bond motifs is 1. The van der Waals surface area contributed by atoms with E-state index >= 15 is 0 Å². The molecule has 0 radical (unpaired) electrons. The number of hydrogen-bond donors (Lipinski definition) is 0. The maximum atomic E-state index is 5.99. The molecular weight excluding hydrogens is 934 g/mol. The Morgan fingerprint density at radius 2 is 1.25 bits per heavy atom. The van der Waals surface area contributed by atoms with E-state index in [9.17, 15) is 0 Å². The zero-order valence-electron chi connectivity index (χ0n) is 32.0. The Hall–Kier alpha value is -4.99. The minimum atomic E-state index is -2.49. The molecule has 57 heavy (non-hydrogen) atoms. The topological polar surface area (TPSA) is 48.2 Å². The van der Waals surface area contributed by atoms with E-state index in [1.54, 1.807) is 40.6 Å². The van der Waals surface area contributed by atoms with Gasteiger partial charge >= 0.3 is 303 Å². The number of nitrogens with zero attached hydrogens (tertiary/aromatic N) is 2. The van der Waals surface area contributed by atoms with Gasteiger partial charge in [0.15, 0.2) is 0 Å². The zero-order chi connectivity index (χ0) is 39.4. The van der Waals surface area contributed by atoms with Gasteiger partial charge in [-0.3, -0.25) is 0 Å². The molecular formula is C49H39N2O2OsPS2+. The van der Waals surface area contributed by atoms with E-state index in [2.05, 4.69) is 187 Å². The van der Waals surface area contributed by atoms with Crippen LogP contribution in [0.1, 0.15) is 34.7 Å². The summed E-state index contributed by atoms with van der Waals surface area (Å²) in [6.45, 7) is 9.59. The van der Waals surface area contributed by atoms with Crippen LogP contribution in [0.5, 0.6) is 0 Å². The van der Waals surface area contributed by atoms with Gasteiger partial charge in [0.2, 0.25) is 0 Å². The fourth-order valence-corrected chi connectivity index (χ4v) is 15.3. The van der Waals surface area contributed by atoms with Gasteiger partial charge in [0, 0.05) is 9.75 Å². The SMILES string of the molecule is CC=C1COCC1=CC(C#Cc1ccc(-c2c(C)c(C)c(-c3ccc(/C=C/C)s3)c3nonc23)s1)=C([C]#[Os])[P+](c1ccccc1)(c1ccccc1)c1ccccc1. The summed E-state index contributed by atoms with van der Waals surface area (Å²) in [6.07, 6.45) is 8.60. The first kappa shape index (κ1) is 38.9. The molecule has 0 amide bonds. The molecule has 0 bridgehead atoms. The number of hydrogen-bond acceptors (Lipinski definition) is 6. The Bertz CT molecular complexity index is 2730. The minimum absolute atomic E-state index is 0.541. The van der Waals surface area contributed by atoms with Crippen LogP contribution in [-0.2, 0) is 22.7 Å². The van der Waals surface area contributed by atoms with E-state index in [4.69, 9.17) is 9.37 Å². The third-order valence-electron chi connectivity index (χ3n) is 10.4. The first-order chi connectivity index (χ1) is 28.0. The average molecular weight is 973 g/mol. The fraction of sp³-hybridized carbons (Fsp3) is 0.122. The second kappa shape index (κ2) is 17.2. The van der Waals surface area contributed by atoms with Gasteiger partial charge in [-0.1, -0.05) is 6.08 Å². The van der Waals surface area contributed by atoms with Crippen LogP contribution in [0.25, 0.3) is 38.0 Å². The number of allylic oxidation sites excluding steroid dienone is 5. The number of rotatable bonds is 8. The number of ether oxygens (including phenoxy) is 1. The van der Waals surface area contributed by atoms with Crippen molar-refractivity contribution in [3.05, 3.63) is 176 Å². The Morgan fingerprint density at radius 3 is 1.79 bits per heavy atom. The molecule has 281 valence electrons. The molecule has 3 aromatic heterocycles. The Kier molecular flexibility index (Phi) is 11.8. The number of thiophene rings is 2. The molecule has 0 saturated carbocycles. The van der Waals surface area contributed by atoms with Crippen LogP contribution in [-0.4, -0.2) is 23.5 Å². The van der Waals surface area contributed by atoms with E-state index in [0.717, 1.165) is 58.8 Å². The second-order valence-electron chi connectivity index (χ2n) is 13.6. The molecule has 7 aromatic rings. The van der Waals surface area contributed by atoms with E-state index in [0.29, 0.717) is 13.2 Å². The molecule has 1 aliphatic heterocycles. The van der Waals surface area contributed by atoms with Crippen molar-refractivity contribution in [3.63, 3.8) is 0 Å². The van der Waals surface area contributed by atoms with Crippen molar-refractivity contribution in [1.82, 2.24) is 10.3 Å². The monoisotopic (exact) mass is 974 g/mol. The van der Waals surface area contributed by atoms with Crippen molar-refractivity contribution < 1.29 is 27.3 Å². The number of aromatic nitrogens is 2. The molecule has 0 atom stereocenters. The molecule has 8 rings (SSSR count). The first-order valence-corrected chi connectivity index (χ1v) is 23.4. The first-order valence-electron chi connectivity index (χ1n) is 18.7. The Labute approximate surface area is 352 Å². The molecule has 1 aliphatic rings. The van der Waals surface area contributed by atoms with Crippen LogP contribution in [0.3, 0.4) is 0 Å². The van der Waals surface area contributed by atoms with Gasteiger partial charge in [-0.15, -0.1) is 11.3 Å². The molecule has 0 aliphatic carbocycles. The third kappa shape index (κ3) is 7.36. The van der Waals surface area contributed by atoms with E-state index < -0.39 is 7.26 Å². The van der Waals surface area contributed by atoms with Crippen molar-refractivity contribution in [2.75, 3.05) is 13.2 Å². The molecule has 0 unspecified atom stereocenters. The van der Waals surface area contributed by atoms with Crippen molar-refractivity contribution in [1.29, 1.82) is 0 Å². The summed E-state index contributed by atoms with van der Waals surface area (Å²) in [7, 11) is -2.49.